The van der Waals surface area contributed by atoms with E-state index in [-0.39, 0.29) is 46.5 Å². The molecule has 0 saturated heterocycles. The summed E-state index contributed by atoms with van der Waals surface area (Å²) in [6.07, 6.45) is 10.1. The van der Waals surface area contributed by atoms with E-state index in [4.69, 9.17) is 8.52 Å². The molecule has 0 nitrogen and oxygen atoms in total. The Morgan fingerprint density at radius 1 is 0.328 bits per heavy atom. The summed E-state index contributed by atoms with van der Waals surface area (Å²) in [6, 6.07) is 36.0. The van der Waals surface area contributed by atoms with Crippen LogP contribution in [0.2, 0.25) is 0 Å². The Kier molecular flexibility index (Phi) is 14.0. The molecule has 4 heteroatoms. The van der Waals surface area contributed by atoms with Crippen molar-refractivity contribution >= 4 is 57.6 Å². The van der Waals surface area contributed by atoms with Gasteiger partial charge in [0.2, 0.25) is 0 Å². The van der Waals surface area contributed by atoms with Gasteiger partial charge in [-0.2, -0.15) is 0 Å². The molecule has 4 atom stereocenters. The summed E-state index contributed by atoms with van der Waals surface area (Å²) in [7, 11) is 0. The minimum atomic E-state index is -2.44. The van der Waals surface area contributed by atoms with Gasteiger partial charge in [-0.1, -0.05) is 0 Å². The summed E-state index contributed by atoms with van der Waals surface area (Å²) in [5.41, 5.74) is 12.6. The second kappa shape index (κ2) is 17.3. The van der Waals surface area contributed by atoms with Crippen molar-refractivity contribution in [2.75, 3.05) is 0 Å². The Morgan fingerprint density at radius 2 is 0.500 bits per heavy atom. The van der Waals surface area contributed by atoms with Crippen molar-refractivity contribution in [3.05, 3.63) is 155 Å². The van der Waals surface area contributed by atoms with Crippen LogP contribution < -0.4 is 0 Å². The van der Waals surface area contributed by atoms with Crippen molar-refractivity contribution in [2.45, 2.75) is 107 Å². The fourth-order valence-electron chi connectivity index (χ4n) is 10.4. The van der Waals surface area contributed by atoms with E-state index in [2.05, 4.69) is 204 Å². The van der Waals surface area contributed by atoms with Gasteiger partial charge in [-0.05, 0) is 0 Å². The van der Waals surface area contributed by atoms with Crippen molar-refractivity contribution in [3.8, 4) is 0 Å². The molecule has 0 spiro atoms. The van der Waals surface area contributed by atoms with Crippen LogP contribution in [0, 0.1) is 21.7 Å². The molecule has 0 bridgehead atoms. The first kappa shape index (κ1) is 47.0. The van der Waals surface area contributed by atoms with Crippen LogP contribution in [0.15, 0.2) is 110 Å². The Morgan fingerprint density at radius 3 is 0.672 bits per heavy atom. The first-order valence-corrected chi connectivity index (χ1v) is 33.1. The third kappa shape index (κ3) is 8.94. The fourth-order valence-corrected chi connectivity index (χ4v) is 31.0. The monoisotopic (exact) mass is 1140 g/mol. The van der Waals surface area contributed by atoms with Gasteiger partial charge in [0.1, 0.15) is 0 Å². The van der Waals surface area contributed by atoms with Gasteiger partial charge < -0.3 is 0 Å². The third-order valence-electron chi connectivity index (χ3n) is 12.6. The van der Waals surface area contributed by atoms with Crippen molar-refractivity contribution in [2.24, 2.45) is 21.7 Å². The molecule has 4 unspecified atom stereocenters. The standard InChI is InChI=1S/4C13H15.2CH2.2ClH.2Hf/c4*1-13(2,3)12-9-8-10-6-4-5-7-11(10)12;;;;;;/h4*4-8,12H,1-3H3;2*1H2;2*1H;;. The van der Waals surface area contributed by atoms with E-state index in [0.29, 0.717) is 23.7 Å². The molecule has 0 aromatic heterocycles. The molecular formula is C54H66Cl2Hf2. The molecule has 4 aliphatic carbocycles. The van der Waals surface area contributed by atoms with Crippen LogP contribution in [0.1, 0.15) is 151 Å². The van der Waals surface area contributed by atoms with Crippen molar-refractivity contribution in [3.63, 3.8) is 0 Å². The summed E-state index contributed by atoms with van der Waals surface area (Å²) < 4.78 is 16.7. The Balaban J connectivity index is 0.000000214. The van der Waals surface area contributed by atoms with Gasteiger partial charge in [-0.25, -0.2) is 0 Å². The van der Waals surface area contributed by atoms with Crippen molar-refractivity contribution in [1.29, 1.82) is 0 Å². The van der Waals surface area contributed by atoms with Gasteiger partial charge in [-0.3, -0.25) is 0 Å². The predicted octanol–water partition coefficient (Wildman–Crippen LogP) is 15.7. The van der Waals surface area contributed by atoms with Crippen LogP contribution in [0.3, 0.4) is 0 Å². The molecule has 4 aliphatic rings. The first-order chi connectivity index (χ1) is 26.2. The maximum atomic E-state index is 4.97. The first-order valence-electron chi connectivity index (χ1n) is 20.8. The molecule has 4 aromatic carbocycles. The second-order valence-electron chi connectivity index (χ2n) is 21.1. The summed E-state index contributed by atoms with van der Waals surface area (Å²) >= 11 is -4.87. The molecule has 8 rings (SSSR count). The van der Waals surface area contributed by atoms with Crippen molar-refractivity contribution < 1.29 is 41.9 Å². The summed E-state index contributed by atoms with van der Waals surface area (Å²) in [6.45, 7) is 28.7. The molecule has 0 heterocycles. The number of fused-ring (bicyclic) bond motifs is 4. The van der Waals surface area contributed by atoms with Crippen LogP contribution in [0.4, 0.5) is 0 Å². The van der Waals surface area contributed by atoms with Crippen LogP contribution >= 0.6 is 24.8 Å². The number of rotatable bonds is 4. The van der Waals surface area contributed by atoms with E-state index in [1.54, 1.807) is 13.3 Å². The molecule has 0 aliphatic heterocycles. The SMILES string of the molecule is Cl.Cl.[CH2]=[Hf]([C]1=Cc2ccccc2C1C(C)(C)C)[C]1=Cc2ccccc2C1C(C)(C)C.[CH2]=[Hf]([C]1=Cc2ccccc2C1C(C)(C)C)[C]1=Cc2ccccc2C1C(C)(C)C. The molecule has 304 valence electrons. The van der Waals surface area contributed by atoms with Gasteiger partial charge >= 0.3 is 358 Å². The Labute approximate surface area is 379 Å². The normalized spacial score (nSPS) is 20.3. The number of hydrogen-bond acceptors (Lipinski definition) is 0. The van der Waals surface area contributed by atoms with Gasteiger partial charge in [0.05, 0.1) is 0 Å². The topological polar surface area (TPSA) is 0 Å². The Bertz CT molecular complexity index is 2030. The molecule has 0 fully saturated rings. The van der Waals surface area contributed by atoms with E-state index in [9.17, 15) is 0 Å². The Hall–Kier alpha value is -2.10. The average molecular weight is 1140 g/mol. The molecular weight excluding hydrogens is 1080 g/mol. The zero-order valence-electron chi connectivity index (χ0n) is 37.1. The van der Waals surface area contributed by atoms with E-state index >= 15 is 0 Å². The summed E-state index contributed by atoms with van der Waals surface area (Å²) in [5.74, 6) is 2.03. The van der Waals surface area contributed by atoms with Gasteiger partial charge in [-0.15, -0.1) is 24.8 Å². The zero-order chi connectivity index (χ0) is 40.5. The molecule has 0 radical (unpaired) electrons. The van der Waals surface area contributed by atoms with E-state index in [1.807, 2.05) is 0 Å². The van der Waals surface area contributed by atoms with Crippen molar-refractivity contribution in [1.82, 2.24) is 0 Å². The molecule has 0 saturated carbocycles. The number of hydrogen-bond donors (Lipinski definition) is 0. The number of allylic oxidation sites excluding steroid dienone is 4. The molecule has 0 N–H and O–H groups in total. The zero-order valence-corrected chi connectivity index (χ0v) is 45.9. The van der Waals surface area contributed by atoms with Crippen LogP contribution in [0.5, 0.6) is 0 Å². The molecule has 4 aromatic rings. The van der Waals surface area contributed by atoms with Gasteiger partial charge in [0.15, 0.2) is 0 Å². The fraction of sp³-hybridized carbons (Fsp3) is 0.370. The number of halogens is 2. The summed E-state index contributed by atoms with van der Waals surface area (Å²) in [4.78, 5) is 0. The van der Waals surface area contributed by atoms with E-state index < -0.39 is 41.9 Å². The van der Waals surface area contributed by atoms with E-state index in [0.717, 1.165) is 0 Å². The minimum absolute atomic E-state index is 0. The van der Waals surface area contributed by atoms with Gasteiger partial charge in [0, 0.05) is 0 Å². The van der Waals surface area contributed by atoms with E-state index in [1.165, 1.54) is 44.5 Å². The number of benzene rings is 4. The van der Waals surface area contributed by atoms with Crippen LogP contribution in [-0.4, -0.2) is 8.52 Å². The molecule has 0 amide bonds. The second-order valence-corrected chi connectivity index (χ2v) is 36.2. The quantitative estimate of drug-likeness (QED) is 0.179. The summed E-state index contributed by atoms with van der Waals surface area (Å²) in [5, 5.41) is 0. The van der Waals surface area contributed by atoms with Crippen LogP contribution in [-0.2, 0) is 41.9 Å². The van der Waals surface area contributed by atoms with Gasteiger partial charge in [0.25, 0.3) is 0 Å². The molecule has 58 heavy (non-hydrogen) atoms. The maximum absolute atomic E-state index is 4.97. The average Bonchev–Trinajstić information content (AvgIpc) is 3.89. The predicted molar refractivity (Wildman–Crippen MR) is 255 cm³/mol. The third-order valence-corrected chi connectivity index (χ3v) is 28.8. The van der Waals surface area contributed by atoms with Crippen LogP contribution in [0.25, 0.3) is 24.3 Å².